The Morgan fingerprint density at radius 1 is 1.15 bits per heavy atom. The van der Waals surface area contributed by atoms with Crippen molar-refractivity contribution in [2.45, 2.75) is 25.4 Å². The molecule has 1 heterocycles. The van der Waals surface area contributed by atoms with E-state index in [9.17, 15) is 27.6 Å². The van der Waals surface area contributed by atoms with Gasteiger partial charge in [-0.15, -0.1) is 0 Å². The number of imide groups is 1. The van der Waals surface area contributed by atoms with Crippen LogP contribution in [0.1, 0.15) is 24.8 Å². The average Bonchev–Trinajstić information content (AvgIpc) is 2.85. The van der Waals surface area contributed by atoms with Gasteiger partial charge in [0.25, 0.3) is 0 Å². The number of nitrogens with one attached hydrogen (secondary N) is 1. The molecule has 5 nitrogen and oxygen atoms in total. The third-order valence-electron chi connectivity index (χ3n) is 4.73. The van der Waals surface area contributed by atoms with E-state index in [1.165, 1.54) is 0 Å². The van der Waals surface area contributed by atoms with E-state index in [1.807, 2.05) is 12.2 Å². The molecule has 3 rings (SSSR count). The van der Waals surface area contributed by atoms with Crippen LogP contribution in [-0.2, 0) is 20.6 Å². The Bertz CT molecular complexity index is 797. The number of rotatable bonds is 4. The van der Waals surface area contributed by atoms with Gasteiger partial charge in [-0.1, -0.05) is 23.8 Å². The topological polar surface area (TPSA) is 66.5 Å². The molecule has 1 aromatic rings. The molecule has 1 N–H and O–H groups in total. The summed E-state index contributed by atoms with van der Waals surface area (Å²) in [6, 6.07) is 2.60. The zero-order chi connectivity index (χ0) is 19.8. The van der Waals surface area contributed by atoms with Gasteiger partial charge in [0.15, 0.2) is 0 Å². The number of hydrogen-bond acceptors (Lipinski definition) is 3. The number of alkyl halides is 3. The number of benzene rings is 1. The number of anilines is 1. The minimum absolute atomic E-state index is 0.0400. The Morgan fingerprint density at radius 2 is 1.74 bits per heavy atom. The summed E-state index contributed by atoms with van der Waals surface area (Å²) in [4.78, 5) is 37.8. The van der Waals surface area contributed by atoms with Crippen LogP contribution < -0.4 is 5.32 Å². The van der Waals surface area contributed by atoms with Crippen molar-refractivity contribution in [3.8, 4) is 0 Å². The third kappa shape index (κ3) is 4.00. The van der Waals surface area contributed by atoms with Crippen molar-refractivity contribution < 1.29 is 27.6 Å². The van der Waals surface area contributed by atoms with Crippen molar-refractivity contribution in [1.29, 1.82) is 0 Å². The SMILES string of the molecule is O=C(CCN1C(=O)[C@H]2CC=CC[C@@H]2C1=O)Nc1cc(C(F)(F)F)ccc1Cl. The first kappa shape index (κ1) is 19.4. The van der Waals surface area contributed by atoms with Crippen molar-refractivity contribution in [2.24, 2.45) is 11.8 Å². The highest BCUT2D eigenvalue weighted by Crippen LogP contribution is 2.36. The number of fused-ring (bicyclic) bond motifs is 1. The zero-order valence-electron chi connectivity index (χ0n) is 14.1. The number of nitrogens with zero attached hydrogens (tertiary/aromatic N) is 1. The van der Waals surface area contributed by atoms with E-state index in [0.717, 1.165) is 23.1 Å². The Kier molecular flexibility index (Phi) is 5.28. The first-order valence-electron chi connectivity index (χ1n) is 8.35. The molecule has 2 atom stereocenters. The van der Waals surface area contributed by atoms with Gasteiger partial charge in [-0.05, 0) is 31.0 Å². The number of hydrogen-bond donors (Lipinski definition) is 1. The standard InChI is InChI=1S/C18H16ClF3N2O3/c19-13-6-5-10(18(20,21)22)9-14(13)23-15(25)7-8-24-16(26)11-3-1-2-4-12(11)17(24)27/h1-2,5-6,9,11-12H,3-4,7-8H2,(H,23,25)/t11-,12-/m0/s1. The molecule has 0 aromatic heterocycles. The highest BCUT2D eigenvalue weighted by Gasteiger charge is 2.46. The van der Waals surface area contributed by atoms with Crippen LogP contribution in [0.2, 0.25) is 5.02 Å². The Morgan fingerprint density at radius 3 is 2.30 bits per heavy atom. The summed E-state index contributed by atoms with van der Waals surface area (Å²) in [6.45, 7) is -0.118. The van der Waals surface area contributed by atoms with Gasteiger partial charge in [0.2, 0.25) is 17.7 Å². The fourth-order valence-corrected chi connectivity index (χ4v) is 3.48. The Hall–Kier alpha value is -2.35. The number of allylic oxidation sites excluding steroid dienone is 2. The van der Waals surface area contributed by atoms with E-state index in [-0.39, 0.29) is 47.3 Å². The summed E-state index contributed by atoms with van der Waals surface area (Å²) in [5.41, 5.74) is -1.11. The smallest absolute Gasteiger partial charge is 0.325 e. The van der Waals surface area contributed by atoms with Gasteiger partial charge >= 0.3 is 6.18 Å². The molecule has 2 aliphatic rings. The van der Waals surface area contributed by atoms with E-state index in [0.29, 0.717) is 12.8 Å². The maximum Gasteiger partial charge on any atom is 0.416 e. The molecule has 0 unspecified atom stereocenters. The number of halogens is 4. The maximum atomic E-state index is 12.8. The van der Waals surface area contributed by atoms with Crippen LogP contribution in [0.5, 0.6) is 0 Å². The van der Waals surface area contributed by atoms with Crippen LogP contribution in [0, 0.1) is 11.8 Å². The highest BCUT2D eigenvalue weighted by atomic mass is 35.5. The van der Waals surface area contributed by atoms with Crippen LogP contribution in [0.15, 0.2) is 30.4 Å². The fraction of sp³-hybridized carbons (Fsp3) is 0.389. The summed E-state index contributed by atoms with van der Waals surface area (Å²) in [7, 11) is 0. The summed E-state index contributed by atoms with van der Waals surface area (Å²) in [5.74, 6) is -2.02. The van der Waals surface area contributed by atoms with Crippen molar-refractivity contribution in [3.63, 3.8) is 0 Å². The largest absolute Gasteiger partial charge is 0.416 e. The lowest BCUT2D eigenvalue weighted by molar-refractivity contribution is -0.140. The lowest BCUT2D eigenvalue weighted by Crippen LogP contribution is -2.34. The summed E-state index contributed by atoms with van der Waals surface area (Å²) in [5, 5.41) is 2.27. The molecule has 1 aliphatic carbocycles. The summed E-state index contributed by atoms with van der Waals surface area (Å²) in [6.07, 6.45) is -0.0777. The number of likely N-dealkylation sites (tertiary alicyclic amines) is 1. The van der Waals surface area contributed by atoms with E-state index in [2.05, 4.69) is 5.32 Å². The van der Waals surface area contributed by atoms with Gasteiger partial charge in [0, 0.05) is 13.0 Å². The average molecular weight is 401 g/mol. The van der Waals surface area contributed by atoms with E-state index in [4.69, 9.17) is 11.6 Å². The lowest BCUT2D eigenvalue weighted by Gasteiger charge is -2.15. The summed E-state index contributed by atoms with van der Waals surface area (Å²) >= 11 is 5.84. The fourth-order valence-electron chi connectivity index (χ4n) is 3.31. The van der Waals surface area contributed by atoms with E-state index >= 15 is 0 Å². The monoisotopic (exact) mass is 400 g/mol. The molecule has 0 saturated carbocycles. The normalized spacial score (nSPS) is 22.1. The van der Waals surface area contributed by atoms with E-state index in [1.54, 1.807) is 0 Å². The van der Waals surface area contributed by atoms with E-state index < -0.39 is 17.6 Å². The molecule has 144 valence electrons. The van der Waals surface area contributed by atoms with Crippen molar-refractivity contribution in [2.75, 3.05) is 11.9 Å². The number of carbonyl (C=O) groups is 3. The predicted molar refractivity (Wildman–Crippen MR) is 91.8 cm³/mol. The zero-order valence-corrected chi connectivity index (χ0v) is 14.8. The van der Waals surface area contributed by atoms with Gasteiger partial charge in [-0.25, -0.2) is 0 Å². The molecule has 1 fully saturated rings. The van der Waals surface area contributed by atoms with Crippen molar-refractivity contribution in [3.05, 3.63) is 40.9 Å². The molecule has 3 amide bonds. The second-order valence-corrected chi connectivity index (χ2v) is 6.88. The quantitative estimate of drug-likeness (QED) is 0.620. The second kappa shape index (κ2) is 7.34. The molecule has 1 aliphatic heterocycles. The first-order chi connectivity index (χ1) is 12.7. The number of amides is 3. The second-order valence-electron chi connectivity index (χ2n) is 6.47. The Labute approximate surface area is 158 Å². The molecule has 1 aromatic carbocycles. The minimum atomic E-state index is -4.57. The molecule has 0 radical (unpaired) electrons. The molecule has 27 heavy (non-hydrogen) atoms. The Balaban J connectivity index is 1.62. The molecule has 1 saturated heterocycles. The van der Waals surface area contributed by atoms with Crippen LogP contribution in [0.4, 0.5) is 18.9 Å². The van der Waals surface area contributed by atoms with Crippen LogP contribution in [-0.4, -0.2) is 29.2 Å². The minimum Gasteiger partial charge on any atom is -0.325 e. The van der Waals surface area contributed by atoms with Gasteiger partial charge in [-0.2, -0.15) is 13.2 Å². The third-order valence-corrected chi connectivity index (χ3v) is 5.06. The van der Waals surface area contributed by atoms with Crippen molar-refractivity contribution >= 4 is 35.0 Å². The molecular weight excluding hydrogens is 385 g/mol. The predicted octanol–water partition coefficient (Wildman–Crippen LogP) is 3.64. The van der Waals surface area contributed by atoms with Gasteiger partial charge in [0.1, 0.15) is 0 Å². The van der Waals surface area contributed by atoms with Crippen LogP contribution in [0.3, 0.4) is 0 Å². The van der Waals surface area contributed by atoms with Crippen LogP contribution in [0.25, 0.3) is 0 Å². The van der Waals surface area contributed by atoms with Crippen LogP contribution >= 0.6 is 11.6 Å². The van der Waals surface area contributed by atoms with Crippen molar-refractivity contribution in [1.82, 2.24) is 4.90 Å². The molecule has 0 bridgehead atoms. The van der Waals surface area contributed by atoms with Gasteiger partial charge in [-0.3, -0.25) is 19.3 Å². The van der Waals surface area contributed by atoms with Gasteiger partial charge in [0.05, 0.1) is 28.1 Å². The summed E-state index contributed by atoms with van der Waals surface area (Å²) < 4.78 is 38.3. The van der Waals surface area contributed by atoms with Gasteiger partial charge < -0.3 is 5.32 Å². The molecule has 0 spiro atoms. The lowest BCUT2D eigenvalue weighted by atomic mass is 9.85. The highest BCUT2D eigenvalue weighted by molar-refractivity contribution is 6.33. The maximum absolute atomic E-state index is 12.8. The molecular formula is C18H16ClF3N2O3. The number of carbonyl (C=O) groups excluding carboxylic acids is 3. The molecule has 9 heteroatoms. The first-order valence-corrected chi connectivity index (χ1v) is 8.73.